The molecule has 1 N–H and O–H groups in total. The van der Waals surface area contributed by atoms with E-state index in [1.54, 1.807) is 0 Å². The quantitative estimate of drug-likeness (QED) is 0.863. The van der Waals surface area contributed by atoms with Crippen molar-refractivity contribution in [2.24, 2.45) is 5.92 Å². The van der Waals surface area contributed by atoms with Crippen LogP contribution in [0.1, 0.15) is 44.0 Å². The fraction of sp³-hybridized carbons (Fsp3) is 0.467. The maximum atomic E-state index is 10.2. The van der Waals surface area contributed by atoms with Crippen molar-refractivity contribution in [3.63, 3.8) is 0 Å². The second-order valence-corrected chi connectivity index (χ2v) is 5.09. The fourth-order valence-electron chi connectivity index (χ4n) is 2.84. The minimum Gasteiger partial charge on any atom is -0.458 e. The molecule has 0 spiro atoms. The zero-order valence-corrected chi connectivity index (χ0v) is 9.93. The molecular weight excluding hydrogens is 212 g/mol. The summed E-state index contributed by atoms with van der Waals surface area (Å²) in [5, 5.41) is 11.3. The van der Waals surface area contributed by atoms with Crippen molar-refractivity contribution in [2.45, 2.75) is 38.2 Å². The molecule has 1 saturated carbocycles. The van der Waals surface area contributed by atoms with Gasteiger partial charge in [-0.25, -0.2) is 0 Å². The van der Waals surface area contributed by atoms with Gasteiger partial charge in [0.05, 0.1) is 0 Å². The number of rotatable bonds is 3. The van der Waals surface area contributed by atoms with E-state index < -0.39 is 6.10 Å². The van der Waals surface area contributed by atoms with E-state index in [0.717, 1.165) is 23.2 Å². The van der Waals surface area contributed by atoms with E-state index in [-0.39, 0.29) is 0 Å². The van der Waals surface area contributed by atoms with Crippen LogP contribution in [0.3, 0.4) is 0 Å². The molecule has 1 heterocycles. The fourth-order valence-corrected chi connectivity index (χ4v) is 2.84. The summed E-state index contributed by atoms with van der Waals surface area (Å²) in [6.45, 7) is 0. The van der Waals surface area contributed by atoms with Crippen molar-refractivity contribution in [3.05, 3.63) is 36.1 Å². The van der Waals surface area contributed by atoms with Gasteiger partial charge in [0.2, 0.25) is 0 Å². The number of aliphatic hydroxyl groups is 1. The number of furan rings is 1. The molecule has 1 aromatic heterocycles. The van der Waals surface area contributed by atoms with Crippen LogP contribution in [0.5, 0.6) is 0 Å². The van der Waals surface area contributed by atoms with E-state index in [0.29, 0.717) is 5.92 Å². The molecule has 2 nitrogen and oxygen atoms in total. The molecule has 1 fully saturated rings. The molecule has 1 aliphatic carbocycles. The van der Waals surface area contributed by atoms with Gasteiger partial charge in [-0.15, -0.1) is 0 Å². The molecule has 0 amide bonds. The van der Waals surface area contributed by atoms with E-state index in [1.165, 1.54) is 25.7 Å². The highest BCUT2D eigenvalue weighted by molar-refractivity contribution is 5.77. The Morgan fingerprint density at radius 2 is 2.00 bits per heavy atom. The summed E-state index contributed by atoms with van der Waals surface area (Å²) in [5.41, 5.74) is 0.868. The lowest BCUT2D eigenvalue weighted by Gasteiger charge is -2.12. The number of benzene rings is 1. The van der Waals surface area contributed by atoms with Gasteiger partial charge in [-0.2, -0.15) is 0 Å². The Hall–Kier alpha value is -1.28. The standard InChI is InChI=1S/C15H18O2/c16-13(9-11-5-1-2-6-11)15-10-12-7-3-4-8-14(12)17-15/h3-4,7-8,10-11,13,16H,1-2,5-6,9H2. The van der Waals surface area contributed by atoms with Crippen LogP contribution in [0.25, 0.3) is 11.0 Å². The van der Waals surface area contributed by atoms with Crippen molar-refractivity contribution in [1.29, 1.82) is 0 Å². The van der Waals surface area contributed by atoms with Gasteiger partial charge >= 0.3 is 0 Å². The van der Waals surface area contributed by atoms with Gasteiger partial charge in [0.1, 0.15) is 17.4 Å². The third kappa shape index (κ3) is 2.22. The van der Waals surface area contributed by atoms with Gasteiger partial charge in [-0.1, -0.05) is 43.9 Å². The maximum absolute atomic E-state index is 10.2. The Morgan fingerprint density at radius 3 is 2.76 bits per heavy atom. The van der Waals surface area contributed by atoms with Crippen LogP contribution in [-0.4, -0.2) is 5.11 Å². The van der Waals surface area contributed by atoms with Crippen LogP contribution in [0, 0.1) is 5.92 Å². The monoisotopic (exact) mass is 230 g/mol. The average molecular weight is 230 g/mol. The second kappa shape index (κ2) is 4.53. The molecule has 2 aromatic rings. The summed E-state index contributed by atoms with van der Waals surface area (Å²) in [6.07, 6.45) is 5.56. The molecule has 1 atom stereocenters. The first-order valence-electron chi connectivity index (χ1n) is 6.49. The lowest BCUT2D eigenvalue weighted by atomic mass is 9.99. The Balaban J connectivity index is 1.77. The molecule has 2 heteroatoms. The summed E-state index contributed by atoms with van der Waals surface area (Å²) in [6, 6.07) is 9.88. The molecule has 1 aliphatic rings. The number of aliphatic hydroxyl groups excluding tert-OH is 1. The highest BCUT2D eigenvalue weighted by Crippen LogP contribution is 2.34. The Bertz CT molecular complexity index is 461. The molecule has 3 rings (SSSR count). The Kier molecular flexibility index (Phi) is 2.89. The molecule has 90 valence electrons. The smallest absolute Gasteiger partial charge is 0.134 e. The van der Waals surface area contributed by atoms with Gasteiger partial charge < -0.3 is 9.52 Å². The average Bonchev–Trinajstić information content (AvgIpc) is 2.96. The first-order valence-corrected chi connectivity index (χ1v) is 6.49. The van der Waals surface area contributed by atoms with Crippen LogP contribution in [0.15, 0.2) is 34.7 Å². The van der Waals surface area contributed by atoms with Crippen LogP contribution >= 0.6 is 0 Å². The third-order valence-electron chi connectivity index (χ3n) is 3.80. The van der Waals surface area contributed by atoms with Gasteiger partial charge in [-0.05, 0) is 24.5 Å². The Morgan fingerprint density at radius 1 is 1.24 bits per heavy atom. The third-order valence-corrected chi connectivity index (χ3v) is 3.80. The first-order chi connectivity index (χ1) is 8.33. The van der Waals surface area contributed by atoms with Crippen LogP contribution < -0.4 is 0 Å². The van der Waals surface area contributed by atoms with Crippen molar-refractivity contribution >= 4 is 11.0 Å². The molecule has 0 bridgehead atoms. The molecule has 0 saturated heterocycles. The molecular formula is C15H18O2. The van der Waals surface area contributed by atoms with E-state index in [2.05, 4.69) is 0 Å². The van der Waals surface area contributed by atoms with E-state index in [4.69, 9.17) is 4.42 Å². The van der Waals surface area contributed by atoms with Crippen molar-refractivity contribution in [2.75, 3.05) is 0 Å². The predicted molar refractivity (Wildman–Crippen MR) is 67.7 cm³/mol. The summed E-state index contributed by atoms with van der Waals surface area (Å²) in [5.74, 6) is 1.40. The largest absolute Gasteiger partial charge is 0.458 e. The van der Waals surface area contributed by atoms with Gasteiger partial charge in [0, 0.05) is 5.39 Å². The van der Waals surface area contributed by atoms with Crippen LogP contribution in [0.4, 0.5) is 0 Å². The van der Waals surface area contributed by atoms with Gasteiger partial charge in [0.25, 0.3) is 0 Å². The van der Waals surface area contributed by atoms with E-state index in [9.17, 15) is 5.11 Å². The SMILES string of the molecule is OC(CC1CCCC1)c1cc2ccccc2o1. The summed E-state index contributed by atoms with van der Waals surface area (Å²) < 4.78 is 5.69. The highest BCUT2D eigenvalue weighted by Gasteiger charge is 2.21. The number of fused-ring (bicyclic) bond motifs is 1. The van der Waals surface area contributed by atoms with Crippen molar-refractivity contribution in [3.8, 4) is 0 Å². The Labute approximate surface area is 101 Å². The molecule has 1 aromatic carbocycles. The zero-order chi connectivity index (χ0) is 11.7. The lowest BCUT2D eigenvalue weighted by Crippen LogP contribution is -2.03. The molecule has 0 radical (unpaired) electrons. The zero-order valence-electron chi connectivity index (χ0n) is 9.93. The van der Waals surface area contributed by atoms with Crippen LogP contribution in [-0.2, 0) is 0 Å². The molecule has 17 heavy (non-hydrogen) atoms. The topological polar surface area (TPSA) is 33.4 Å². The lowest BCUT2D eigenvalue weighted by molar-refractivity contribution is 0.122. The van der Waals surface area contributed by atoms with E-state index in [1.807, 2.05) is 30.3 Å². The van der Waals surface area contributed by atoms with Crippen LogP contribution in [0.2, 0.25) is 0 Å². The second-order valence-electron chi connectivity index (χ2n) is 5.09. The summed E-state index contributed by atoms with van der Waals surface area (Å²) in [4.78, 5) is 0. The number of para-hydroxylation sites is 1. The summed E-state index contributed by atoms with van der Waals surface area (Å²) in [7, 11) is 0. The van der Waals surface area contributed by atoms with Gasteiger partial charge in [0.15, 0.2) is 0 Å². The summed E-state index contributed by atoms with van der Waals surface area (Å²) >= 11 is 0. The molecule has 1 unspecified atom stereocenters. The van der Waals surface area contributed by atoms with E-state index >= 15 is 0 Å². The first kappa shape index (κ1) is 10.8. The minimum atomic E-state index is -0.439. The maximum Gasteiger partial charge on any atom is 0.134 e. The predicted octanol–water partition coefficient (Wildman–Crippen LogP) is 4.05. The van der Waals surface area contributed by atoms with Gasteiger partial charge in [-0.3, -0.25) is 0 Å². The van der Waals surface area contributed by atoms with Crippen molar-refractivity contribution in [1.82, 2.24) is 0 Å². The molecule has 0 aliphatic heterocycles. The number of hydrogen-bond acceptors (Lipinski definition) is 2. The highest BCUT2D eigenvalue weighted by atomic mass is 16.4. The normalized spacial score (nSPS) is 18.9. The minimum absolute atomic E-state index is 0.439. The van der Waals surface area contributed by atoms with Crippen molar-refractivity contribution < 1.29 is 9.52 Å². The number of hydrogen-bond donors (Lipinski definition) is 1.